The maximum atomic E-state index is 11.3. The minimum atomic E-state index is -0.688. The molecule has 168 valence electrons. The molecule has 0 spiro atoms. The number of nitro groups is 2. The van der Waals surface area contributed by atoms with Gasteiger partial charge in [-0.3, -0.25) is 25.7 Å². The molecule has 2 aromatic heterocycles. The van der Waals surface area contributed by atoms with Crippen LogP contribution in [0.3, 0.4) is 0 Å². The van der Waals surface area contributed by atoms with Crippen LogP contribution < -0.4 is 5.43 Å². The average molecular weight is 448 g/mol. The summed E-state index contributed by atoms with van der Waals surface area (Å²) in [6.45, 7) is 3.66. The molecule has 0 saturated carbocycles. The van der Waals surface area contributed by atoms with Gasteiger partial charge < -0.3 is 8.83 Å². The number of hydrogen-bond acceptors (Lipinski definition) is 8. The summed E-state index contributed by atoms with van der Waals surface area (Å²) in [4.78, 5) is 20.8. The quantitative estimate of drug-likeness (QED) is 0.191. The van der Waals surface area contributed by atoms with Crippen molar-refractivity contribution < 1.29 is 18.7 Å². The second-order valence-electron chi connectivity index (χ2n) is 7.48. The van der Waals surface area contributed by atoms with Crippen LogP contribution >= 0.6 is 0 Å². The number of fused-ring (bicyclic) bond motifs is 1. The topological polar surface area (TPSA) is 137 Å². The first-order valence-corrected chi connectivity index (χ1v) is 10.1. The Morgan fingerprint density at radius 3 is 2.52 bits per heavy atom. The number of non-ortho nitro benzene ring substituents is 1. The van der Waals surface area contributed by atoms with E-state index in [-0.39, 0.29) is 11.4 Å². The Balaban J connectivity index is 1.55. The van der Waals surface area contributed by atoms with Gasteiger partial charge in [-0.15, -0.1) is 0 Å². The summed E-state index contributed by atoms with van der Waals surface area (Å²) >= 11 is 0. The summed E-state index contributed by atoms with van der Waals surface area (Å²) in [6.07, 6.45) is 1.05. The van der Waals surface area contributed by atoms with Crippen LogP contribution in [0.4, 0.5) is 17.1 Å². The van der Waals surface area contributed by atoms with Gasteiger partial charge in [-0.25, -0.2) is 0 Å². The van der Waals surface area contributed by atoms with Gasteiger partial charge in [0.25, 0.3) is 5.69 Å². The highest BCUT2D eigenvalue weighted by atomic mass is 16.6. The maximum Gasteiger partial charge on any atom is 0.301 e. The summed E-state index contributed by atoms with van der Waals surface area (Å²) in [5.41, 5.74) is 4.25. The Morgan fingerprint density at radius 2 is 1.82 bits per heavy atom. The molecule has 0 aliphatic heterocycles. The number of furan rings is 2. The maximum absolute atomic E-state index is 11.3. The normalized spacial score (nSPS) is 11.6. The van der Waals surface area contributed by atoms with E-state index >= 15 is 0 Å². The highest BCUT2D eigenvalue weighted by Gasteiger charge is 2.20. The summed E-state index contributed by atoms with van der Waals surface area (Å²) < 4.78 is 11.9. The van der Waals surface area contributed by atoms with Crippen LogP contribution in [-0.4, -0.2) is 15.6 Å². The van der Waals surface area contributed by atoms with Crippen LogP contribution in [0.25, 0.3) is 22.3 Å². The van der Waals surface area contributed by atoms with Gasteiger partial charge >= 0.3 is 5.69 Å². The molecule has 0 fully saturated rings. The number of nitrogens with zero attached hydrogens (tertiary/aromatic N) is 3. The van der Waals surface area contributed by atoms with Crippen molar-refractivity contribution in [3.63, 3.8) is 0 Å². The Morgan fingerprint density at radius 1 is 1.03 bits per heavy atom. The van der Waals surface area contributed by atoms with Crippen molar-refractivity contribution in [2.24, 2.45) is 5.10 Å². The second-order valence-corrected chi connectivity index (χ2v) is 7.48. The summed E-state index contributed by atoms with van der Waals surface area (Å²) in [6, 6.07) is 14.9. The number of hydrazone groups is 1. The summed E-state index contributed by atoms with van der Waals surface area (Å²) in [7, 11) is 0. The first-order valence-electron chi connectivity index (χ1n) is 10.1. The minimum Gasteiger partial charge on any atom is -0.461 e. The largest absolute Gasteiger partial charge is 0.461 e. The first kappa shape index (κ1) is 21.8. The number of benzene rings is 2. The first-order chi connectivity index (χ1) is 15.8. The third-order valence-electron chi connectivity index (χ3n) is 5.13. The monoisotopic (exact) mass is 448 g/mol. The molecule has 4 rings (SSSR count). The molecule has 33 heavy (non-hydrogen) atoms. The number of nitrogens with one attached hydrogen (secondary N) is 1. The van der Waals surface area contributed by atoms with Crippen molar-refractivity contribution in [2.75, 3.05) is 5.43 Å². The Kier molecular flexibility index (Phi) is 5.90. The van der Waals surface area contributed by atoms with Gasteiger partial charge in [0.2, 0.25) is 0 Å². The lowest BCUT2D eigenvalue weighted by atomic mass is 10.0. The molecular formula is C23H20N4O6. The van der Waals surface area contributed by atoms with E-state index < -0.39 is 15.5 Å². The highest BCUT2D eigenvalue weighted by Crippen LogP contribution is 2.36. The summed E-state index contributed by atoms with van der Waals surface area (Å²) in [5.74, 6) is 2.27. The molecule has 2 aromatic carbocycles. The van der Waals surface area contributed by atoms with Gasteiger partial charge in [0, 0.05) is 23.6 Å². The molecule has 10 nitrogen and oxygen atoms in total. The fourth-order valence-electron chi connectivity index (χ4n) is 3.50. The minimum absolute atomic E-state index is 0.0698. The van der Waals surface area contributed by atoms with E-state index in [1.165, 1.54) is 12.1 Å². The van der Waals surface area contributed by atoms with E-state index in [1.807, 2.05) is 43.3 Å². The predicted molar refractivity (Wildman–Crippen MR) is 123 cm³/mol. The van der Waals surface area contributed by atoms with E-state index in [2.05, 4.69) is 10.5 Å². The molecule has 0 bridgehead atoms. The third kappa shape index (κ3) is 4.59. The number of aryl methyl sites for hydroxylation is 2. The Labute approximate surface area is 187 Å². The van der Waals surface area contributed by atoms with Gasteiger partial charge in [-0.1, -0.05) is 18.2 Å². The lowest BCUT2D eigenvalue weighted by molar-refractivity contribution is -0.393. The Hall–Kier alpha value is -4.47. The molecule has 0 unspecified atom stereocenters. The fourth-order valence-corrected chi connectivity index (χ4v) is 3.50. The predicted octanol–water partition coefficient (Wildman–Crippen LogP) is 6.24. The zero-order valence-electron chi connectivity index (χ0n) is 17.9. The number of anilines is 1. The van der Waals surface area contributed by atoms with Gasteiger partial charge in [-0.05, 0) is 44.5 Å². The van der Waals surface area contributed by atoms with Gasteiger partial charge in [0.1, 0.15) is 28.6 Å². The number of para-hydroxylation sites is 1. The number of nitro benzene ring substituents is 2. The average Bonchev–Trinajstić information content (AvgIpc) is 3.38. The van der Waals surface area contributed by atoms with Crippen LogP contribution in [0.2, 0.25) is 0 Å². The van der Waals surface area contributed by atoms with Crippen LogP contribution in [0.1, 0.15) is 24.9 Å². The fraction of sp³-hybridized carbons (Fsp3) is 0.174. The summed E-state index contributed by atoms with van der Waals surface area (Å²) in [5, 5.41) is 27.3. The van der Waals surface area contributed by atoms with E-state index in [0.29, 0.717) is 18.6 Å². The zero-order valence-corrected chi connectivity index (χ0v) is 17.9. The van der Waals surface area contributed by atoms with Gasteiger partial charge in [0.05, 0.1) is 21.5 Å². The Bertz CT molecular complexity index is 1380. The van der Waals surface area contributed by atoms with E-state index in [0.717, 1.165) is 39.9 Å². The van der Waals surface area contributed by atoms with Crippen LogP contribution in [0, 0.1) is 27.2 Å². The van der Waals surface area contributed by atoms with E-state index in [4.69, 9.17) is 8.83 Å². The standard InChI is InChI=1S/C23H20N4O6/c1-14(24-25-18-10-9-16(26(28)29)13-19(18)27(30)31)7-11-22-23(21-12-8-15(2)32-21)17-5-3-4-6-20(17)33-22/h3-6,8-10,12-13,25H,7,11H2,1-2H3. The molecule has 1 N–H and O–H groups in total. The molecule has 0 aliphatic carbocycles. The molecule has 10 heteroatoms. The highest BCUT2D eigenvalue weighted by molar-refractivity contribution is 5.94. The molecule has 4 aromatic rings. The van der Waals surface area contributed by atoms with Crippen LogP contribution in [-0.2, 0) is 6.42 Å². The van der Waals surface area contributed by atoms with Crippen molar-refractivity contribution in [1.29, 1.82) is 0 Å². The molecular weight excluding hydrogens is 428 g/mol. The lowest BCUT2D eigenvalue weighted by Crippen LogP contribution is -2.02. The molecule has 0 radical (unpaired) electrons. The number of rotatable bonds is 8. The van der Waals surface area contributed by atoms with Gasteiger partial charge in [0.15, 0.2) is 0 Å². The zero-order chi connectivity index (χ0) is 23.5. The smallest absolute Gasteiger partial charge is 0.301 e. The van der Waals surface area contributed by atoms with E-state index in [1.54, 1.807) is 6.92 Å². The van der Waals surface area contributed by atoms with E-state index in [9.17, 15) is 20.2 Å². The third-order valence-corrected chi connectivity index (χ3v) is 5.13. The molecule has 0 aliphatic rings. The van der Waals surface area contributed by atoms with Crippen molar-refractivity contribution >= 4 is 33.7 Å². The lowest BCUT2D eigenvalue weighted by Gasteiger charge is -2.05. The molecule has 2 heterocycles. The van der Waals surface area contributed by atoms with Crippen molar-refractivity contribution in [3.8, 4) is 11.3 Å². The van der Waals surface area contributed by atoms with Crippen LogP contribution in [0.5, 0.6) is 0 Å². The van der Waals surface area contributed by atoms with Crippen molar-refractivity contribution in [3.05, 3.63) is 86.3 Å². The second kappa shape index (κ2) is 8.95. The van der Waals surface area contributed by atoms with Gasteiger partial charge in [-0.2, -0.15) is 5.10 Å². The number of hydrogen-bond donors (Lipinski definition) is 1. The van der Waals surface area contributed by atoms with Crippen LogP contribution in [0.15, 0.2) is 68.5 Å². The molecule has 0 atom stereocenters. The molecule has 0 amide bonds. The SMILES string of the molecule is CC(CCc1oc2ccccc2c1-c1ccc(C)o1)=NNc1ccc([N+](=O)[O-])cc1[N+](=O)[O-]. The molecule has 0 saturated heterocycles. The van der Waals surface area contributed by atoms with Crippen molar-refractivity contribution in [2.45, 2.75) is 26.7 Å². The van der Waals surface area contributed by atoms with Crippen molar-refractivity contribution in [1.82, 2.24) is 0 Å².